The molecule has 1 unspecified atom stereocenters. The number of hydrogen-bond donors (Lipinski definition) is 1. The van der Waals surface area contributed by atoms with Gasteiger partial charge in [0.15, 0.2) is 0 Å². The molecule has 1 heterocycles. The van der Waals surface area contributed by atoms with Gasteiger partial charge in [0.25, 0.3) is 0 Å². The first-order chi connectivity index (χ1) is 7.31. The Morgan fingerprint density at radius 2 is 2.00 bits per heavy atom. The van der Waals surface area contributed by atoms with Crippen LogP contribution in [0.25, 0.3) is 0 Å². The monoisotopic (exact) mass is 222 g/mol. The van der Waals surface area contributed by atoms with Gasteiger partial charge in [0.1, 0.15) is 11.5 Å². The van der Waals surface area contributed by atoms with Crippen LogP contribution in [-0.4, -0.2) is 5.11 Å². The van der Waals surface area contributed by atoms with Crippen molar-refractivity contribution in [2.45, 2.75) is 64.4 Å². The fraction of sp³-hybridized carbons (Fsp3) is 0.714. The molecule has 0 fully saturated rings. The Hall–Kier alpha value is -0.760. The highest BCUT2D eigenvalue weighted by atomic mass is 16.3. The molecule has 0 saturated heterocycles. The van der Waals surface area contributed by atoms with Crippen LogP contribution in [0.2, 0.25) is 0 Å². The molecule has 0 saturated carbocycles. The summed E-state index contributed by atoms with van der Waals surface area (Å²) in [5.41, 5.74) is 0.316. The van der Waals surface area contributed by atoms with E-state index in [-0.39, 0.29) is 5.41 Å². The van der Waals surface area contributed by atoms with Crippen molar-refractivity contribution in [2.75, 3.05) is 0 Å². The summed E-state index contributed by atoms with van der Waals surface area (Å²) >= 11 is 0. The number of fused-ring (bicyclic) bond motifs is 1. The highest BCUT2D eigenvalue weighted by molar-refractivity contribution is 5.31. The normalized spacial score (nSPS) is 26.3. The van der Waals surface area contributed by atoms with Crippen molar-refractivity contribution < 1.29 is 9.52 Å². The number of furan rings is 1. The minimum absolute atomic E-state index is 0.0161. The van der Waals surface area contributed by atoms with Crippen LogP contribution in [0.4, 0.5) is 0 Å². The standard InChI is InChI=1S/C14H22O2/c1-13(2,3)12-9-10-11(16-12)7-5-6-8-14(10,4)15/h9,15H,5-8H2,1-4H3. The molecule has 1 atom stereocenters. The van der Waals surface area contributed by atoms with E-state index >= 15 is 0 Å². The van der Waals surface area contributed by atoms with Crippen LogP contribution in [0, 0.1) is 0 Å². The average Bonchev–Trinajstić information content (AvgIpc) is 2.51. The van der Waals surface area contributed by atoms with Crippen LogP contribution in [0.5, 0.6) is 0 Å². The first-order valence-corrected chi connectivity index (χ1v) is 6.17. The fourth-order valence-electron chi connectivity index (χ4n) is 2.33. The second-order valence-corrected chi connectivity index (χ2v) is 6.18. The summed E-state index contributed by atoms with van der Waals surface area (Å²) in [5, 5.41) is 10.4. The maximum absolute atomic E-state index is 10.4. The highest BCUT2D eigenvalue weighted by Crippen LogP contribution is 2.38. The number of rotatable bonds is 0. The predicted molar refractivity (Wildman–Crippen MR) is 64.5 cm³/mol. The van der Waals surface area contributed by atoms with E-state index in [1.807, 2.05) is 6.92 Å². The number of aliphatic hydroxyl groups is 1. The molecule has 90 valence electrons. The topological polar surface area (TPSA) is 33.4 Å². The predicted octanol–water partition coefficient (Wildman–Crippen LogP) is 3.51. The Bertz CT molecular complexity index is 380. The lowest BCUT2D eigenvalue weighted by Crippen LogP contribution is -2.20. The SMILES string of the molecule is CC(C)(C)c1cc2c(o1)CCCCC2(C)O. The van der Waals surface area contributed by atoms with E-state index in [9.17, 15) is 5.11 Å². The van der Waals surface area contributed by atoms with Crippen molar-refractivity contribution in [3.8, 4) is 0 Å². The van der Waals surface area contributed by atoms with Gasteiger partial charge in [-0.05, 0) is 32.3 Å². The molecule has 0 aliphatic heterocycles. The molecule has 1 aliphatic carbocycles. The van der Waals surface area contributed by atoms with Gasteiger partial charge in [0.05, 0.1) is 5.60 Å². The lowest BCUT2D eigenvalue weighted by atomic mass is 9.89. The summed E-state index contributed by atoms with van der Waals surface area (Å²) in [6.45, 7) is 8.32. The summed E-state index contributed by atoms with van der Waals surface area (Å²) in [4.78, 5) is 0. The molecule has 0 amide bonds. The van der Waals surface area contributed by atoms with E-state index in [0.29, 0.717) is 0 Å². The summed E-state index contributed by atoms with van der Waals surface area (Å²) in [6, 6.07) is 2.06. The lowest BCUT2D eigenvalue weighted by Gasteiger charge is -2.20. The maximum atomic E-state index is 10.4. The van der Waals surface area contributed by atoms with E-state index in [2.05, 4.69) is 26.8 Å². The minimum Gasteiger partial charge on any atom is -0.465 e. The van der Waals surface area contributed by atoms with Crippen molar-refractivity contribution in [3.05, 3.63) is 23.2 Å². The molecule has 1 N–H and O–H groups in total. The molecule has 1 aromatic rings. The van der Waals surface area contributed by atoms with Crippen LogP contribution in [0.3, 0.4) is 0 Å². The zero-order chi connectivity index (χ0) is 12.0. The highest BCUT2D eigenvalue weighted by Gasteiger charge is 2.33. The van der Waals surface area contributed by atoms with Gasteiger partial charge in [-0.2, -0.15) is 0 Å². The molecule has 2 nitrogen and oxygen atoms in total. The van der Waals surface area contributed by atoms with Crippen molar-refractivity contribution in [3.63, 3.8) is 0 Å². The smallest absolute Gasteiger partial charge is 0.110 e. The first-order valence-electron chi connectivity index (χ1n) is 6.17. The summed E-state index contributed by atoms with van der Waals surface area (Å²) < 4.78 is 5.93. The van der Waals surface area contributed by atoms with Gasteiger partial charge < -0.3 is 9.52 Å². The van der Waals surface area contributed by atoms with Crippen molar-refractivity contribution in [1.82, 2.24) is 0 Å². The Morgan fingerprint density at radius 1 is 1.31 bits per heavy atom. The maximum Gasteiger partial charge on any atom is 0.110 e. The second-order valence-electron chi connectivity index (χ2n) is 6.18. The van der Waals surface area contributed by atoms with Crippen LogP contribution >= 0.6 is 0 Å². The molecule has 2 rings (SSSR count). The lowest BCUT2D eigenvalue weighted by molar-refractivity contribution is 0.0468. The molecule has 16 heavy (non-hydrogen) atoms. The van der Waals surface area contributed by atoms with Crippen molar-refractivity contribution >= 4 is 0 Å². The van der Waals surface area contributed by atoms with Gasteiger partial charge in [-0.1, -0.05) is 20.8 Å². The minimum atomic E-state index is -0.709. The quantitative estimate of drug-likeness (QED) is 0.681. The molecular formula is C14H22O2. The molecule has 0 radical (unpaired) electrons. The van der Waals surface area contributed by atoms with Crippen LogP contribution < -0.4 is 0 Å². The zero-order valence-electron chi connectivity index (χ0n) is 10.8. The third-order valence-electron chi connectivity index (χ3n) is 3.45. The summed E-state index contributed by atoms with van der Waals surface area (Å²) in [7, 11) is 0. The van der Waals surface area contributed by atoms with Gasteiger partial charge in [-0.15, -0.1) is 0 Å². The Kier molecular flexibility index (Phi) is 2.66. The molecule has 2 heteroatoms. The molecule has 0 spiro atoms. The van der Waals surface area contributed by atoms with E-state index in [1.54, 1.807) is 0 Å². The van der Waals surface area contributed by atoms with Crippen molar-refractivity contribution in [1.29, 1.82) is 0 Å². The van der Waals surface area contributed by atoms with E-state index in [0.717, 1.165) is 42.8 Å². The number of hydrogen-bond acceptors (Lipinski definition) is 2. The Balaban J connectivity index is 2.46. The molecule has 0 aromatic carbocycles. The van der Waals surface area contributed by atoms with Gasteiger partial charge in [-0.3, -0.25) is 0 Å². The second kappa shape index (κ2) is 3.63. The Labute approximate surface area is 97.7 Å². The van der Waals surface area contributed by atoms with Gasteiger partial charge >= 0.3 is 0 Å². The number of aryl methyl sites for hydroxylation is 1. The van der Waals surface area contributed by atoms with Crippen molar-refractivity contribution in [2.24, 2.45) is 0 Å². The van der Waals surface area contributed by atoms with Gasteiger partial charge in [0, 0.05) is 17.4 Å². The van der Waals surface area contributed by atoms with Gasteiger partial charge in [-0.25, -0.2) is 0 Å². The van der Waals surface area contributed by atoms with Gasteiger partial charge in [0.2, 0.25) is 0 Å². The van der Waals surface area contributed by atoms with E-state index < -0.39 is 5.60 Å². The molecular weight excluding hydrogens is 200 g/mol. The third kappa shape index (κ3) is 2.03. The van der Waals surface area contributed by atoms with E-state index in [1.165, 1.54) is 0 Å². The first kappa shape index (κ1) is 11.7. The molecule has 1 aliphatic rings. The summed E-state index contributed by atoms with van der Waals surface area (Å²) in [6.07, 6.45) is 3.98. The van der Waals surface area contributed by atoms with E-state index in [4.69, 9.17) is 4.42 Å². The largest absolute Gasteiger partial charge is 0.465 e. The summed E-state index contributed by atoms with van der Waals surface area (Å²) in [5.74, 6) is 1.98. The third-order valence-corrected chi connectivity index (χ3v) is 3.45. The average molecular weight is 222 g/mol. The molecule has 1 aromatic heterocycles. The fourth-order valence-corrected chi connectivity index (χ4v) is 2.33. The van der Waals surface area contributed by atoms with Crippen LogP contribution in [0.1, 0.15) is 64.0 Å². The van der Waals surface area contributed by atoms with Crippen LogP contribution in [-0.2, 0) is 17.4 Å². The van der Waals surface area contributed by atoms with Crippen LogP contribution in [0.15, 0.2) is 10.5 Å². The Morgan fingerprint density at radius 3 is 2.62 bits per heavy atom. The molecule has 0 bridgehead atoms. The zero-order valence-corrected chi connectivity index (χ0v) is 10.8.